The number of hydrogen-bond donors (Lipinski definition) is 1. The number of amides is 1. The molecule has 0 saturated heterocycles. The van der Waals surface area contributed by atoms with Crippen molar-refractivity contribution in [3.05, 3.63) is 82.6 Å². The number of nitrogens with zero attached hydrogens (tertiary/aromatic N) is 2. The van der Waals surface area contributed by atoms with Gasteiger partial charge in [-0.15, -0.1) is 0 Å². The molecule has 0 fully saturated rings. The molecule has 0 bridgehead atoms. The van der Waals surface area contributed by atoms with Gasteiger partial charge >= 0.3 is 5.97 Å². The number of hydrogen-bond acceptors (Lipinski definition) is 4. The molecule has 132 valence electrons. The Kier molecular flexibility index (Phi) is 5.34. The summed E-state index contributed by atoms with van der Waals surface area (Å²) < 4.78 is 6.48. The summed E-state index contributed by atoms with van der Waals surface area (Å²) in [5.74, 6) is -0.845. The lowest BCUT2D eigenvalue weighted by Crippen LogP contribution is -2.13. The van der Waals surface area contributed by atoms with Crippen LogP contribution in [0.15, 0.2) is 60.9 Å². The van der Waals surface area contributed by atoms with Gasteiger partial charge in [-0.3, -0.25) is 9.48 Å². The molecule has 26 heavy (non-hydrogen) atoms. The van der Waals surface area contributed by atoms with Crippen molar-refractivity contribution >= 4 is 29.2 Å². The number of methoxy groups -OCH3 is 1. The van der Waals surface area contributed by atoms with E-state index in [-0.39, 0.29) is 16.5 Å². The van der Waals surface area contributed by atoms with Crippen molar-refractivity contribution in [1.82, 2.24) is 9.78 Å². The third-order valence-corrected chi connectivity index (χ3v) is 4.08. The van der Waals surface area contributed by atoms with E-state index in [1.165, 1.54) is 19.2 Å². The summed E-state index contributed by atoms with van der Waals surface area (Å²) in [6.07, 6.45) is 3.59. The predicted octanol–water partition coefficient (Wildman–Crippen LogP) is 3.62. The normalized spacial score (nSPS) is 10.4. The smallest absolute Gasteiger partial charge is 0.339 e. The van der Waals surface area contributed by atoms with Crippen LogP contribution in [0.5, 0.6) is 0 Å². The average Bonchev–Trinajstić information content (AvgIpc) is 3.16. The van der Waals surface area contributed by atoms with Crippen LogP contribution in [-0.2, 0) is 11.3 Å². The minimum Gasteiger partial charge on any atom is -0.465 e. The first-order valence-corrected chi connectivity index (χ1v) is 8.20. The minimum absolute atomic E-state index is 0.196. The average molecular weight is 370 g/mol. The summed E-state index contributed by atoms with van der Waals surface area (Å²) in [4.78, 5) is 24.1. The molecule has 3 aromatic rings. The first kappa shape index (κ1) is 17.7. The Bertz CT molecular complexity index is 922. The second kappa shape index (κ2) is 7.84. The van der Waals surface area contributed by atoms with E-state index in [0.717, 1.165) is 5.56 Å². The molecular formula is C19H16ClN3O3. The highest BCUT2D eigenvalue weighted by Gasteiger charge is 2.13. The number of carbonyl (C=O) groups excluding carboxylic acids is 2. The monoisotopic (exact) mass is 369 g/mol. The molecular weight excluding hydrogens is 354 g/mol. The lowest BCUT2D eigenvalue weighted by molar-refractivity contribution is 0.0600. The molecule has 0 saturated carbocycles. The Hall–Kier alpha value is -3.12. The number of nitrogens with one attached hydrogen (secondary N) is 1. The number of halogens is 1. The molecule has 6 nitrogen and oxygen atoms in total. The van der Waals surface area contributed by atoms with Gasteiger partial charge in [0.1, 0.15) is 0 Å². The van der Waals surface area contributed by atoms with Crippen molar-refractivity contribution in [3.63, 3.8) is 0 Å². The number of rotatable bonds is 5. The van der Waals surface area contributed by atoms with Crippen LogP contribution in [0.2, 0.25) is 5.02 Å². The van der Waals surface area contributed by atoms with Gasteiger partial charge < -0.3 is 10.1 Å². The molecule has 0 unspecified atom stereocenters. The second-order valence-corrected chi connectivity index (χ2v) is 5.95. The molecule has 1 amide bonds. The first-order valence-electron chi connectivity index (χ1n) is 7.82. The summed E-state index contributed by atoms with van der Waals surface area (Å²) in [5, 5.41) is 7.16. The van der Waals surface area contributed by atoms with Gasteiger partial charge in [-0.2, -0.15) is 5.10 Å². The summed E-state index contributed by atoms with van der Waals surface area (Å²) in [5.41, 5.74) is 2.19. The van der Waals surface area contributed by atoms with E-state index in [9.17, 15) is 9.59 Å². The lowest BCUT2D eigenvalue weighted by Gasteiger charge is -2.09. The molecule has 1 N–H and O–H groups in total. The van der Waals surface area contributed by atoms with Gasteiger partial charge in [0.05, 0.1) is 24.2 Å². The Morgan fingerprint density at radius 1 is 1.19 bits per heavy atom. The van der Waals surface area contributed by atoms with E-state index >= 15 is 0 Å². The number of benzene rings is 2. The number of carbonyl (C=O) groups is 2. The second-order valence-electron chi connectivity index (χ2n) is 5.54. The maximum absolute atomic E-state index is 12.4. The van der Waals surface area contributed by atoms with Crippen LogP contribution in [0.1, 0.15) is 26.3 Å². The molecule has 2 aromatic carbocycles. The Labute approximate surface area is 155 Å². The Morgan fingerprint density at radius 3 is 2.62 bits per heavy atom. The Balaban J connectivity index is 1.71. The van der Waals surface area contributed by atoms with Crippen molar-refractivity contribution in [2.24, 2.45) is 0 Å². The molecule has 0 aliphatic rings. The predicted molar refractivity (Wildman–Crippen MR) is 98.5 cm³/mol. The standard InChI is InChI=1S/C19H16ClN3O3/c1-26-19(25)16-11-15(7-8-17(16)20)22-18(24)14-5-3-13(4-6-14)12-23-10-2-9-21-23/h2-11H,12H2,1H3,(H,22,24). The third-order valence-electron chi connectivity index (χ3n) is 3.75. The molecule has 3 rings (SSSR count). The van der Waals surface area contributed by atoms with Crippen molar-refractivity contribution in [1.29, 1.82) is 0 Å². The summed E-state index contributed by atoms with van der Waals surface area (Å²) >= 11 is 5.98. The molecule has 1 heterocycles. The highest BCUT2D eigenvalue weighted by Crippen LogP contribution is 2.22. The van der Waals surface area contributed by atoms with Crippen molar-refractivity contribution < 1.29 is 14.3 Å². The Morgan fingerprint density at radius 2 is 1.96 bits per heavy atom. The fourth-order valence-corrected chi connectivity index (χ4v) is 2.61. The number of ether oxygens (including phenoxy) is 1. The van der Waals surface area contributed by atoms with E-state index in [1.54, 1.807) is 29.1 Å². The van der Waals surface area contributed by atoms with E-state index in [4.69, 9.17) is 11.6 Å². The highest BCUT2D eigenvalue weighted by molar-refractivity contribution is 6.33. The summed E-state index contributed by atoms with van der Waals surface area (Å²) in [6.45, 7) is 0.634. The zero-order chi connectivity index (χ0) is 18.5. The van der Waals surface area contributed by atoms with E-state index < -0.39 is 5.97 Å². The summed E-state index contributed by atoms with van der Waals surface area (Å²) in [6, 6.07) is 13.7. The zero-order valence-corrected chi connectivity index (χ0v) is 14.7. The van der Waals surface area contributed by atoms with Crippen LogP contribution >= 0.6 is 11.6 Å². The molecule has 0 aliphatic heterocycles. The van der Waals surface area contributed by atoms with Crippen LogP contribution in [0.3, 0.4) is 0 Å². The molecule has 7 heteroatoms. The number of esters is 1. The van der Waals surface area contributed by atoms with Gasteiger partial charge in [0.15, 0.2) is 0 Å². The largest absolute Gasteiger partial charge is 0.465 e. The molecule has 0 spiro atoms. The van der Waals surface area contributed by atoms with Crippen molar-refractivity contribution in [3.8, 4) is 0 Å². The fourth-order valence-electron chi connectivity index (χ4n) is 2.42. The van der Waals surface area contributed by atoms with Crippen molar-refractivity contribution in [2.75, 3.05) is 12.4 Å². The van der Waals surface area contributed by atoms with Crippen molar-refractivity contribution in [2.45, 2.75) is 6.54 Å². The molecule has 0 radical (unpaired) electrons. The van der Waals surface area contributed by atoms with E-state index in [1.807, 2.05) is 24.4 Å². The summed E-state index contributed by atoms with van der Waals surface area (Å²) in [7, 11) is 1.27. The van der Waals surface area contributed by atoms with Crippen LogP contribution in [0.4, 0.5) is 5.69 Å². The maximum atomic E-state index is 12.4. The maximum Gasteiger partial charge on any atom is 0.339 e. The van der Waals surface area contributed by atoms with Gasteiger partial charge in [0.2, 0.25) is 0 Å². The van der Waals surface area contributed by atoms with Gasteiger partial charge in [-0.25, -0.2) is 4.79 Å². The first-order chi connectivity index (χ1) is 12.6. The number of aromatic nitrogens is 2. The SMILES string of the molecule is COC(=O)c1cc(NC(=O)c2ccc(Cn3cccn3)cc2)ccc1Cl. The highest BCUT2D eigenvalue weighted by atomic mass is 35.5. The van der Waals surface area contributed by atoms with Crippen LogP contribution < -0.4 is 5.32 Å². The van der Waals surface area contributed by atoms with Crippen LogP contribution in [-0.4, -0.2) is 28.8 Å². The zero-order valence-electron chi connectivity index (χ0n) is 14.0. The van der Waals surface area contributed by atoms with E-state index in [2.05, 4.69) is 15.2 Å². The quantitative estimate of drug-likeness (QED) is 0.697. The van der Waals surface area contributed by atoms with Gasteiger partial charge in [0.25, 0.3) is 5.91 Å². The fraction of sp³-hybridized carbons (Fsp3) is 0.105. The third kappa shape index (κ3) is 4.10. The molecule has 0 aliphatic carbocycles. The van der Waals surface area contributed by atoms with Gasteiger partial charge in [-0.05, 0) is 42.0 Å². The van der Waals surface area contributed by atoms with Crippen LogP contribution in [0.25, 0.3) is 0 Å². The lowest BCUT2D eigenvalue weighted by atomic mass is 10.1. The van der Waals surface area contributed by atoms with Gasteiger partial charge in [-0.1, -0.05) is 23.7 Å². The van der Waals surface area contributed by atoms with Crippen LogP contribution in [0, 0.1) is 0 Å². The van der Waals surface area contributed by atoms with Gasteiger partial charge in [0, 0.05) is 23.6 Å². The number of anilines is 1. The minimum atomic E-state index is -0.561. The molecule has 0 atom stereocenters. The molecule has 1 aromatic heterocycles. The van der Waals surface area contributed by atoms with E-state index in [0.29, 0.717) is 17.8 Å². The topological polar surface area (TPSA) is 73.2 Å².